The highest BCUT2D eigenvalue weighted by Gasteiger charge is 2.30. The molecule has 3 rings (SSSR count). The van der Waals surface area contributed by atoms with Gasteiger partial charge in [0.1, 0.15) is 25.9 Å². The summed E-state index contributed by atoms with van der Waals surface area (Å²) in [5.74, 6) is -0.405. The largest absolute Gasteiger partial charge is 0.486 e. The van der Waals surface area contributed by atoms with Crippen molar-refractivity contribution in [3.63, 3.8) is 0 Å². The third-order valence-electron chi connectivity index (χ3n) is 3.85. The van der Waals surface area contributed by atoms with E-state index < -0.39 is 18.7 Å². The molecule has 0 aromatic heterocycles. The minimum atomic E-state index is -1.06. The Hall–Kier alpha value is -2.32. The van der Waals surface area contributed by atoms with Gasteiger partial charge in [-0.05, 0) is 18.6 Å². The van der Waals surface area contributed by atoms with Crippen molar-refractivity contribution in [2.24, 2.45) is 0 Å². The Kier molecular flexibility index (Phi) is 5.17. The molecule has 0 bridgehead atoms. The maximum Gasteiger partial charge on any atom is 0.329 e. The smallest absolute Gasteiger partial charge is 0.329 e. The van der Waals surface area contributed by atoms with Gasteiger partial charge in [0.2, 0.25) is 0 Å². The van der Waals surface area contributed by atoms with E-state index in [4.69, 9.17) is 24.1 Å². The molecule has 0 unspecified atom stereocenters. The van der Waals surface area contributed by atoms with Crippen LogP contribution >= 0.6 is 0 Å². The predicted octanol–water partition coefficient (Wildman–Crippen LogP) is 0.446. The molecule has 0 radical (unpaired) electrons. The van der Waals surface area contributed by atoms with Crippen LogP contribution in [0.5, 0.6) is 11.5 Å². The predicted molar refractivity (Wildman–Crippen MR) is 81.5 cm³/mol. The zero-order chi connectivity index (χ0) is 16.9. The summed E-state index contributed by atoms with van der Waals surface area (Å²) < 4.78 is 21.6. The summed E-state index contributed by atoms with van der Waals surface area (Å²) in [4.78, 5) is 23.3. The number of aliphatic carboxylic acids is 1. The summed E-state index contributed by atoms with van der Waals surface area (Å²) in [6.07, 6.45) is 0.0399. The molecule has 8 nitrogen and oxygen atoms in total. The normalized spacial score (nSPS) is 22.7. The second-order valence-electron chi connectivity index (χ2n) is 5.52. The fraction of sp³-hybridized carbons (Fsp3) is 0.500. The standard InChI is InChI=1S/C16H19NO7/c18-14(19)9-24-13-8-21-5-4-11(13)17-16(20)10-2-1-3-12-15(10)23-7-6-22-12/h1-3,11,13H,4-9H2,(H,17,20)(H,18,19)/t11-,13-/m1/s1. The summed E-state index contributed by atoms with van der Waals surface area (Å²) in [5.41, 5.74) is 0.385. The Morgan fingerprint density at radius 1 is 1.25 bits per heavy atom. The number of carboxylic acids is 1. The van der Waals surface area contributed by atoms with Crippen LogP contribution in [0.3, 0.4) is 0 Å². The average molecular weight is 337 g/mol. The van der Waals surface area contributed by atoms with E-state index in [1.54, 1.807) is 18.2 Å². The van der Waals surface area contributed by atoms with Crippen molar-refractivity contribution in [3.05, 3.63) is 23.8 Å². The van der Waals surface area contributed by atoms with Crippen LogP contribution in [0.2, 0.25) is 0 Å². The van der Waals surface area contributed by atoms with Gasteiger partial charge in [0.05, 0.1) is 18.2 Å². The molecule has 2 aliphatic rings. The molecule has 2 N–H and O–H groups in total. The number of para-hydroxylation sites is 1. The van der Waals surface area contributed by atoms with Gasteiger partial charge in [0, 0.05) is 6.61 Å². The Morgan fingerprint density at radius 2 is 2.08 bits per heavy atom. The molecule has 1 fully saturated rings. The number of rotatable bonds is 5. The lowest BCUT2D eigenvalue weighted by atomic mass is 10.0. The fourth-order valence-electron chi connectivity index (χ4n) is 2.72. The first-order valence-electron chi connectivity index (χ1n) is 7.76. The lowest BCUT2D eigenvalue weighted by Crippen LogP contribution is -2.50. The van der Waals surface area contributed by atoms with E-state index in [1.165, 1.54) is 0 Å². The number of hydrogen-bond acceptors (Lipinski definition) is 6. The maximum absolute atomic E-state index is 12.6. The fourth-order valence-corrected chi connectivity index (χ4v) is 2.72. The lowest BCUT2D eigenvalue weighted by Gasteiger charge is -2.32. The molecule has 0 saturated carbocycles. The first-order valence-corrected chi connectivity index (χ1v) is 7.76. The Labute approximate surface area is 138 Å². The molecule has 130 valence electrons. The van der Waals surface area contributed by atoms with E-state index in [2.05, 4.69) is 5.32 Å². The van der Waals surface area contributed by atoms with Gasteiger partial charge in [-0.1, -0.05) is 6.07 Å². The van der Waals surface area contributed by atoms with E-state index in [0.29, 0.717) is 43.3 Å². The molecular formula is C16H19NO7. The van der Waals surface area contributed by atoms with Crippen molar-refractivity contribution in [2.75, 3.05) is 33.0 Å². The van der Waals surface area contributed by atoms with E-state index >= 15 is 0 Å². The highest BCUT2D eigenvalue weighted by Crippen LogP contribution is 2.33. The van der Waals surface area contributed by atoms with Crippen molar-refractivity contribution in [1.29, 1.82) is 0 Å². The Bertz CT molecular complexity index is 618. The minimum absolute atomic E-state index is 0.241. The molecule has 2 heterocycles. The first-order chi connectivity index (χ1) is 11.6. The number of benzene rings is 1. The molecule has 1 amide bonds. The van der Waals surface area contributed by atoms with Crippen molar-refractivity contribution in [2.45, 2.75) is 18.6 Å². The number of amides is 1. The molecule has 24 heavy (non-hydrogen) atoms. The summed E-state index contributed by atoms with van der Waals surface area (Å²) in [7, 11) is 0. The topological polar surface area (TPSA) is 103 Å². The first kappa shape index (κ1) is 16.5. The summed E-state index contributed by atoms with van der Waals surface area (Å²) in [5, 5.41) is 11.6. The van der Waals surface area contributed by atoms with Gasteiger partial charge >= 0.3 is 5.97 Å². The molecule has 1 saturated heterocycles. The van der Waals surface area contributed by atoms with Crippen LogP contribution < -0.4 is 14.8 Å². The quantitative estimate of drug-likeness (QED) is 0.804. The average Bonchev–Trinajstić information content (AvgIpc) is 2.60. The number of nitrogens with one attached hydrogen (secondary N) is 1. The van der Waals surface area contributed by atoms with Crippen molar-refractivity contribution >= 4 is 11.9 Å². The van der Waals surface area contributed by atoms with Crippen LogP contribution in [0, 0.1) is 0 Å². The van der Waals surface area contributed by atoms with Gasteiger partial charge in [-0.15, -0.1) is 0 Å². The number of ether oxygens (including phenoxy) is 4. The minimum Gasteiger partial charge on any atom is -0.486 e. The van der Waals surface area contributed by atoms with Gasteiger partial charge in [-0.2, -0.15) is 0 Å². The van der Waals surface area contributed by atoms with Gasteiger partial charge in [-0.3, -0.25) is 4.79 Å². The monoisotopic (exact) mass is 337 g/mol. The summed E-state index contributed by atoms with van der Waals surface area (Å²) in [6.45, 7) is 1.12. The SMILES string of the molecule is O=C(O)CO[C@@H]1COCC[C@H]1NC(=O)c1cccc2c1OCCO2. The van der Waals surface area contributed by atoms with Crippen LogP contribution in [-0.4, -0.2) is 62.2 Å². The zero-order valence-corrected chi connectivity index (χ0v) is 13.0. The summed E-state index contributed by atoms with van der Waals surface area (Å²) >= 11 is 0. The third kappa shape index (κ3) is 3.77. The van der Waals surface area contributed by atoms with Crippen LogP contribution in [0.1, 0.15) is 16.8 Å². The molecular weight excluding hydrogens is 318 g/mol. The summed E-state index contributed by atoms with van der Waals surface area (Å²) in [6, 6.07) is 4.81. The van der Waals surface area contributed by atoms with Crippen LogP contribution in [0.25, 0.3) is 0 Å². The van der Waals surface area contributed by atoms with Crippen molar-refractivity contribution in [1.82, 2.24) is 5.32 Å². The van der Waals surface area contributed by atoms with E-state index in [-0.39, 0.29) is 18.6 Å². The zero-order valence-electron chi connectivity index (χ0n) is 13.0. The molecule has 8 heteroatoms. The Balaban J connectivity index is 1.70. The highest BCUT2D eigenvalue weighted by atomic mass is 16.6. The number of carbonyl (C=O) groups excluding carboxylic acids is 1. The lowest BCUT2D eigenvalue weighted by molar-refractivity contribution is -0.148. The second kappa shape index (κ2) is 7.50. The van der Waals surface area contributed by atoms with E-state index in [0.717, 1.165) is 0 Å². The molecule has 1 aromatic carbocycles. The van der Waals surface area contributed by atoms with E-state index in [1.807, 2.05) is 0 Å². The maximum atomic E-state index is 12.6. The van der Waals surface area contributed by atoms with Gasteiger partial charge in [-0.25, -0.2) is 4.79 Å². The van der Waals surface area contributed by atoms with E-state index in [9.17, 15) is 9.59 Å². The van der Waals surface area contributed by atoms with Crippen molar-refractivity contribution < 1.29 is 33.6 Å². The highest BCUT2D eigenvalue weighted by molar-refractivity contribution is 5.98. The molecule has 1 aromatic rings. The number of fused-ring (bicyclic) bond motifs is 1. The van der Waals surface area contributed by atoms with Crippen LogP contribution in [-0.2, 0) is 14.3 Å². The molecule has 0 aliphatic carbocycles. The van der Waals surface area contributed by atoms with Crippen molar-refractivity contribution in [3.8, 4) is 11.5 Å². The number of carboxylic acid groups (broad SMARTS) is 1. The number of carbonyl (C=O) groups is 2. The van der Waals surface area contributed by atoms with Gasteiger partial charge in [0.15, 0.2) is 11.5 Å². The molecule has 2 atom stereocenters. The third-order valence-corrected chi connectivity index (χ3v) is 3.85. The van der Waals surface area contributed by atoms with Gasteiger partial charge < -0.3 is 29.4 Å². The second-order valence-corrected chi connectivity index (χ2v) is 5.52. The molecule has 2 aliphatic heterocycles. The van der Waals surface area contributed by atoms with Crippen LogP contribution in [0.15, 0.2) is 18.2 Å². The number of hydrogen-bond donors (Lipinski definition) is 2. The Morgan fingerprint density at radius 3 is 2.92 bits per heavy atom. The van der Waals surface area contributed by atoms with Crippen LogP contribution in [0.4, 0.5) is 0 Å². The van der Waals surface area contributed by atoms with Gasteiger partial charge in [0.25, 0.3) is 5.91 Å². The molecule has 0 spiro atoms.